The highest BCUT2D eigenvalue weighted by atomic mass is 16.5. The van der Waals surface area contributed by atoms with E-state index in [9.17, 15) is 14.4 Å². The second kappa shape index (κ2) is 7.49. The average molecular weight is 286 g/mol. The number of hydrogen-bond acceptors (Lipinski definition) is 4. The Balaban J connectivity index is 2.54. The third-order valence-corrected chi connectivity index (χ3v) is 2.89. The molecule has 1 aliphatic heterocycles. The Morgan fingerprint density at radius 1 is 1.45 bits per heavy atom. The van der Waals surface area contributed by atoms with Crippen LogP contribution >= 0.6 is 0 Å². The zero-order valence-electron chi connectivity index (χ0n) is 11.2. The summed E-state index contributed by atoms with van der Waals surface area (Å²) in [5.41, 5.74) is 1.08. The van der Waals surface area contributed by atoms with Gasteiger partial charge in [0.1, 0.15) is 6.04 Å². The lowest BCUT2D eigenvalue weighted by Crippen LogP contribution is -2.49. The predicted molar refractivity (Wildman–Crippen MR) is 68.4 cm³/mol. The number of urea groups is 1. The zero-order chi connectivity index (χ0) is 15.1. The van der Waals surface area contributed by atoms with Crippen LogP contribution in [0.15, 0.2) is 11.6 Å². The Bertz CT molecular complexity index is 420. The normalized spacial score (nSPS) is 16.2. The minimum atomic E-state index is -1.43. The van der Waals surface area contributed by atoms with Gasteiger partial charge in [-0.15, -0.1) is 0 Å². The van der Waals surface area contributed by atoms with Crippen LogP contribution in [0.4, 0.5) is 4.79 Å². The maximum atomic E-state index is 11.9. The summed E-state index contributed by atoms with van der Waals surface area (Å²) in [6.07, 6.45) is 1.84. The third kappa shape index (κ3) is 4.88. The lowest BCUT2D eigenvalue weighted by Gasteiger charge is -2.27. The SMILES string of the molecule is COCC1=CCN(C(=O)N[C@H](CC(=O)O)C(=O)O)CC1. The summed E-state index contributed by atoms with van der Waals surface area (Å²) in [6.45, 7) is 1.30. The first-order valence-corrected chi connectivity index (χ1v) is 6.11. The van der Waals surface area contributed by atoms with Crippen molar-refractivity contribution in [2.24, 2.45) is 0 Å². The molecule has 0 radical (unpaired) electrons. The Hall–Kier alpha value is -2.09. The molecule has 2 amide bonds. The van der Waals surface area contributed by atoms with Crippen LogP contribution in [0.2, 0.25) is 0 Å². The Morgan fingerprint density at radius 2 is 2.15 bits per heavy atom. The van der Waals surface area contributed by atoms with Gasteiger partial charge in [0.15, 0.2) is 0 Å². The molecule has 8 heteroatoms. The molecule has 0 spiro atoms. The molecule has 1 heterocycles. The van der Waals surface area contributed by atoms with E-state index in [1.54, 1.807) is 7.11 Å². The molecule has 20 heavy (non-hydrogen) atoms. The number of ether oxygens (including phenoxy) is 1. The van der Waals surface area contributed by atoms with E-state index in [0.29, 0.717) is 26.1 Å². The van der Waals surface area contributed by atoms with Crippen molar-refractivity contribution in [3.05, 3.63) is 11.6 Å². The largest absolute Gasteiger partial charge is 0.481 e. The van der Waals surface area contributed by atoms with Gasteiger partial charge in [-0.3, -0.25) is 4.79 Å². The smallest absolute Gasteiger partial charge is 0.326 e. The van der Waals surface area contributed by atoms with Gasteiger partial charge in [-0.25, -0.2) is 9.59 Å². The fourth-order valence-electron chi connectivity index (χ4n) is 1.83. The Labute approximate surface area is 116 Å². The van der Waals surface area contributed by atoms with Gasteiger partial charge in [0.2, 0.25) is 0 Å². The first kappa shape index (κ1) is 16.0. The lowest BCUT2D eigenvalue weighted by molar-refractivity contribution is -0.145. The molecule has 0 saturated carbocycles. The number of amides is 2. The molecule has 3 N–H and O–H groups in total. The number of carboxylic acid groups (broad SMARTS) is 2. The molecule has 1 aliphatic rings. The van der Waals surface area contributed by atoms with Crippen LogP contribution in [0.5, 0.6) is 0 Å². The number of rotatable bonds is 6. The molecule has 0 saturated heterocycles. The van der Waals surface area contributed by atoms with Crippen LogP contribution in [-0.2, 0) is 14.3 Å². The van der Waals surface area contributed by atoms with Crippen LogP contribution in [-0.4, -0.2) is 65.9 Å². The summed E-state index contributed by atoms with van der Waals surface area (Å²) < 4.78 is 4.99. The van der Waals surface area contributed by atoms with Crippen LogP contribution in [0.1, 0.15) is 12.8 Å². The summed E-state index contributed by atoms with van der Waals surface area (Å²) in [5.74, 6) is -2.65. The van der Waals surface area contributed by atoms with Crippen LogP contribution < -0.4 is 5.32 Å². The molecule has 8 nitrogen and oxygen atoms in total. The van der Waals surface area contributed by atoms with E-state index >= 15 is 0 Å². The minimum absolute atomic E-state index is 0.351. The van der Waals surface area contributed by atoms with Crippen LogP contribution in [0.25, 0.3) is 0 Å². The molecule has 0 unspecified atom stereocenters. The monoisotopic (exact) mass is 286 g/mol. The highest BCUT2D eigenvalue weighted by molar-refractivity contribution is 5.86. The number of aliphatic carboxylic acids is 2. The standard InChI is InChI=1S/C12H18N2O6/c1-20-7-8-2-4-14(5-3-8)12(19)13-9(11(17)18)6-10(15)16/h2,9H,3-7H2,1H3,(H,13,19)(H,15,16)(H,17,18)/t9-/m1/s1. The number of carbonyl (C=O) groups excluding carboxylic acids is 1. The van der Waals surface area contributed by atoms with Gasteiger partial charge >= 0.3 is 18.0 Å². The van der Waals surface area contributed by atoms with E-state index < -0.39 is 30.4 Å². The summed E-state index contributed by atoms with van der Waals surface area (Å²) in [6, 6.07) is -2.00. The Kier molecular flexibility index (Phi) is 5.98. The Morgan fingerprint density at radius 3 is 2.60 bits per heavy atom. The second-order valence-electron chi connectivity index (χ2n) is 4.43. The first-order valence-electron chi connectivity index (χ1n) is 6.11. The van der Waals surface area contributed by atoms with Crippen molar-refractivity contribution in [1.82, 2.24) is 10.2 Å². The molecule has 0 aromatic carbocycles. The molecule has 1 rings (SSSR count). The van der Waals surface area contributed by atoms with Gasteiger partial charge in [0.25, 0.3) is 0 Å². The van der Waals surface area contributed by atoms with Crippen molar-refractivity contribution >= 4 is 18.0 Å². The first-order chi connectivity index (χ1) is 9.43. The second-order valence-corrected chi connectivity index (χ2v) is 4.43. The summed E-state index contributed by atoms with van der Waals surface area (Å²) in [5, 5.41) is 19.7. The van der Waals surface area contributed by atoms with Crippen LogP contribution in [0, 0.1) is 0 Å². The van der Waals surface area contributed by atoms with Gasteiger partial charge in [-0.2, -0.15) is 0 Å². The third-order valence-electron chi connectivity index (χ3n) is 2.89. The predicted octanol–water partition coefficient (Wildman–Crippen LogP) is -0.0976. The fourth-order valence-corrected chi connectivity index (χ4v) is 1.83. The van der Waals surface area contributed by atoms with Crippen molar-refractivity contribution in [2.75, 3.05) is 26.8 Å². The zero-order valence-corrected chi connectivity index (χ0v) is 11.2. The average Bonchev–Trinajstić information content (AvgIpc) is 2.38. The summed E-state index contributed by atoms with van der Waals surface area (Å²) in [4.78, 5) is 34.7. The number of carbonyl (C=O) groups is 3. The number of hydrogen-bond donors (Lipinski definition) is 3. The van der Waals surface area contributed by atoms with Gasteiger partial charge in [-0.1, -0.05) is 6.08 Å². The summed E-state index contributed by atoms with van der Waals surface area (Å²) >= 11 is 0. The topological polar surface area (TPSA) is 116 Å². The molecule has 112 valence electrons. The van der Waals surface area contributed by atoms with E-state index in [1.165, 1.54) is 4.90 Å². The van der Waals surface area contributed by atoms with E-state index in [4.69, 9.17) is 14.9 Å². The highest BCUT2D eigenvalue weighted by Crippen LogP contribution is 2.11. The number of nitrogens with zero attached hydrogens (tertiary/aromatic N) is 1. The quantitative estimate of drug-likeness (QED) is 0.587. The molecule has 0 aromatic heterocycles. The number of nitrogens with one attached hydrogen (secondary N) is 1. The van der Waals surface area contributed by atoms with E-state index in [1.807, 2.05) is 6.08 Å². The van der Waals surface area contributed by atoms with Gasteiger partial charge in [0.05, 0.1) is 13.0 Å². The van der Waals surface area contributed by atoms with E-state index in [0.717, 1.165) is 5.57 Å². The molecular formula is C12H18N2O6. The van der Waals surface area contributed by atoms with Crippen molar-refractivity contribution in [1.29, 1.82) is 0 Å². The fraction of sp³-hybridized carbons (Fsp3) is 0.583. The highest BCUT2D eigenvalue weighted by Gasteiger charge is 2.26. The van der Waals surface area contributed by atoms with Gasteiger partial charge < -0.3 is 25.2 Å². The molecule has 0 aromatic rings. The summed E-state index contributed by atoms with van der Waals surface area (Å²) in [7, 11) is 1.59. The molecule has 0 fully saturated rings. The number of methoxy groups -OCH3 is 1. The molecular weight excluding hydrogens is 268 g/mol. The maximum Gasteiger partial charge on any atom is 0.326 e. The van der Waals surface area contributed by atoms with Crippen molar-refractivity contribution < 1.29 is 29.3 Å². The number of carboxylic acids is 2. The molecule has 1 atom stereocenters. The maximum absolute atomic E-state index is 11.9. The van der Waals surface area contributed by atoms with E-state index in [2.05, 4.69) is 5.32 Å². The molecule has 0 bridgehead atoms. The van der Waals surface area contributed by atoms with Crippen molar-refractivity contribution in [3.8, 4) is 0 Å². The minimum Gasteiger partial charge on any atom is -0.481 e. The van der Waals surface area contributed by atoms with Crippen molar-refractivity contribution in [2.45, 2.75) is 18.9 Å². The lowest BCUT2D eigenvalue weighted by atomic mass is 10.1. The van der Waals surface area contributed by atoms with Crippen LogP contribution in [0.3, 0.4) is 0 Å². The van der Waals surface area contributed by atoms with Gasteiger partial charge in [-0.05, 0) is 12.0 Å². The molecule has 0 aliphatic carbocycles. The van der Waals surface area contributed by atoms with Gasteiger partial charge in [0, 0.05) is 20.2 Å². The van der Waals surface area contributed by atoms with Crippen molar-refractivity contribution in [3.63, 3.8) is 0 Å². The van der Waals surface area contributed by atoms with E-state index in [-0.39, 0.29) is 0 Å².